The van der Waals surface area contributed by atoms with Gasteiger partial charge in [-0.15, -0.1) is 0 Å². The van der Waals surface area contributed by atoms with E-state index in [1.807, 2.05) is 26.8 Å². The molecular formula is C22H21FN6O2. The highest BCUT2D eigenvalue weighted by molar-refractivity contribution is 5.90. The molecule has 0 fully saturated rings. The van der Waals surface area contributed by atoms with Gasteiger partial charge in [-0.05, 0) is 51.1 Å². The van der Waals surface area contributed by atoms with Gasteiger partial charge in [0.25, 0.3) is 5.95 Å². The first kappa shape index (κ1) is 20.4. The Kier molecular flexibility index (Phi) is 5.57. The molecule has 3 aromatic heterocycles. The van der Waals surface area contributed by atoms with Crippen molar-refractivity contribution >= 4 is 11.7 Å². The summed E-state index contributed by atoms with van der Waals surface area (Å²) in [5, 5.41) is 7.25. The van der Waals surface area contributed by atoms with Crippen LogP contribution in [-0.2, 0) is 11.2 Å². The van der Waals surface area contributed by atoms with E-state index in [4.69, 9.17) is 4.42 Å². The number of aromatic nitrogens is 5. The van der Waals surface area contributed by atoms with Crippen molar-refractivity contribution in [2.45, 2.75) is 33.6 Å². The van der Waals surface area contributed by atoms with Crippen molar-refractivity contribution in [3.8, 4) is 17.3 Å². The highest BCUT2D eigenvalue weighted by atomic mass is 19.1. The molecule has 0 saturated heterocycles. The van der Waals surface area contributed by atoms with Gasteiger partial charge in [0.15, 0.2) is 11.7 Å². The number of hydrogen-bond acceptors (Lipinski definition) is 6. The average Bonchev–Trinajstić information content (AvgIpc) is 3.33. The minimum atomic E-state index is -0.319. The number of amides is 1. The summed E-state index contributed by atoms with van der Waals surface area (Å²) in [5.41, 5.74) is 3.08. The Hall–Kier alpha value is -3.88. The number of anilines is 1. The second kappa shape index (κ2) is 8.47. The van der Waals surface area contributed by atoms with E-state index in [0.29, 0.717) is 29.8 Å². The van der Waals surface area contributed by atoms with Gasteiger partial charge in [-0.3, -0.25) is 4.79 Å². The Morgan fingerprint density at radius 1 is 1.06 bits per heavy atom. The van der Waals surface area contributed by atoms with Crippen LogP contribution in [0.1, 0.15) is 29.4 Å². The molecule has 0 aliphatic rings. The topological polar surface area (TPSA) is 98.7 Å². The van der Waals surface area contributed by atoms with E-state index >= 15 is 0 Å². The van der Waals surface area contributed by atoms with Gasteiger partial charge in [0, 0.05) is 35.9 Å². The van der Waals surface area contributed by atoms with Crippen LogP contribution in [0, 0.1) is 26.6 Å². The van der Waals surface area contributed by atoms with Crippen LogP contribution in [0.15, 0.2) is 47.0 Å². The summed E-state index contributed by atoms with van der Waals surface area (Å²) in [6.07, 6.45) is 2.05. The molecule has 0 bridgehead atoms. The van der Waals surface area contributed by atoms with E-state index in [0.717, 1.165) is 22.6 Å². The fraction of sp³-hybridized carbons (Fsp3) is 0.227. The number of halogens is 1. The van der Waals surface area contributed by atoms with Crippen LogP contribution in [0.25, 0.3) is 17.3 Å². The Morgan fingerprint density at radius 3 is 2.48 bits per heavy atom. The lowest BCUT2D eigenvalue weighted by atomic mass is 10.2. The molecular weight excluding hydrogens is 399 g/mol. The molecule has 3 heterocycles. The molecule has 4 rings (SSSR count). The third-order valence-corrected chi connectivity index (χ3v) is 4.51. The molecule has 0 aliphatic carbocycles. The van der Waals surface area contributed by atoms with Crippen molar-refractivity contribution in [2.24, 2.45) is 0 Å². The van der Waals surface area contributed by atoms with Crippen LogP contribution in [0.4, 0.5) is 10.2 Å². The summed E-state index contributed by atoms with van der Waals surface area (Å²) in [6, 6.07) is 9.58. The first-order valence-electron chi connectivity index (χ1n) is 9.77. The molecule has 4 aromatic rings. The molecule has 158 valence electrons. The number of aryl methyl sites for hydroxylation is 4. The first-order chi connectivity index (χ1) is 14.9. The maximum Gasteiger partial charge on any atom is 0.252 e. The number of rotatable bonds is 6. The minimum absolute atomic E-state index is 0.168. The quantitative estimate of drug-likeness (QED) is 0.507. The maximum atomic E-state index is 13.1. The average molecular weight is 420 g/mol. The van der Waals surface area contributed by atoms with Gasteiger partial charge < -0.3 is 9.73 Å². The van der Waals surface area contributed by atoms with Gasteiger partial charge in [-0.2, -0.15) is 9.78 Å². The van der Waals surface area contributed by atoms with Gasteiger partial charge in [-0.1, -0.05) is 0 Å². The lowest BCUT2D eigenvalue weighted by Gasteiger charge is -2.08. The highest BCUT2D eigenvalue weighted by Crippen LogP contribution is 2.21. The molecule has 0 unspecified atom stereocenters. The number of oxazole rings is 1. The predicted molar refractivity (Wildman–Crippen MR) is 112 cm³/mol. The number of nitrogens with zero attached hydrogens (tertiary/aromatic N) is 5. The van der Waals surface area contributed by atoms with Crippen molar-refractivity contribution in [3.63, 3.8) is 0 Å². The van der Waals surface area contributed by atoms with Crippen LogP contribution in [-0.4, -0.2) is 30.6 Å². The number of nitrogens with one attached hydrogen (secondary N) is 1. The minimum Gasteiger partial charge on any atom is -0.441 e. The molecule has 1 aromatic carbocycles. The zero-order valence-corrected chi connectivity index (χ0v) is 17.4. The van der Waals surface area contributed by atoms with Crippen LogP contribution >= 0.6 is 0 Å². The van der Waals surface area contributed by atoms with Crippen LogP contribution in [0.2, 0.25) is 0 Å². The summed E-state index contributed by atoms with van der Waals surface area (Å²) in [4.78, 5) is 25.5. The normalized spacial score (nSPS) is 11.0. The van der Waals surface area contributed by atoms with Crippen LogP contribution in [0.3, 0.4) is 0 Å². The van der Waals surface area contributed by atoms with Crippen molar-refractivity contribution in [1.29, 1.82) is 0 Å². The van der Waals surface area contributed by atoms with Crippen LogP contribution in [0.5, 0.6) is 0 Å². The van der Waals surface area contributed by atoms with E-state index < -0.39 is 0 Å². The van der Waals surface area contributed by atoms with Crippen molar-refractivity contribution in [1.82, 2.24) is 24.7 Å². The summed E-state index contributed by atoms with van der Waals surface area (Å²) in [5.74, 6) is 1.31. The fourth-order valence-corrected chi connectivity index (χ4v) is 3.14. The summed E-state index contributed by atoms with van der Waals surface area (Å²) >= 11 is 0. The van der Waals surface area contributed by atoms with Gasteiger partial charge in [0.05, 0.1) is 11.9 Å². The zero-order valence-electron chi connectivity index (χ0n) is 17.4. The largest absolute Gasteiger partial charge is 0.441 e. The van der Waals surface area contributed by atoms with Gasteiger partial charge in [0.2, 0.25) is 5.91 Å². The van der Waals surface area contributed by atoms with E-state index in [-0.39, 0.29) is 18.1 Å². The molecule has 0 saturated carbocycles. The molecule has 1 amide bonds. The fourth-order valence-electron chi connectivity index (χ4n) is 3.14. The Bertz CT molecular complexity index is 1210. The molecule has 0 aliphatic heterocycles. The molecule has 1 N–H and O–H groups in total. The summed E-state index contributed by atoms with van der Waals surface area (Å²) in [6.45, 7) is 5.59. The predicted octanol–water partition coefficient (Wildman–Crippen LogP) is 3.95. The number of carbonyl (C=O) groups excluding carboxylic acids is 1. The van der Waals surface area contributed by atoms with E-state index in [9.17, 15) is 9.18 Å². The third kappa shape index (κ3) is 4.82. The van der Waals surface area contributed by atoms with Gasteiger partial charge >= 0.3 is 0 Å². The second-order valence-corrected chi connectivity index (χ2v) is 7.21. The smallest absolute Gasteiger partial charge is 0.252 e. The Balaban J connectivity index is 1.43. The first-order valence-corrected chi connectivity index (χ1v) is 9.77. The number of carbonyl (C=O) groups is 1. The monoisotopic (exact) mass is 420 g/mol. The van der Waals surface area contributed by atoms with Crippen molar-refractivity contribution < 1.29 is 13.6 Å². The third-order valence-electron chi connectivity index (χ3n) is 4.51. The number of benzene rings is 1. The number of hydrogen-bond donors (Lipinski definition) is 1. The van der Waals surface area contributed by atoms with E-state index in [2.05, 4.69) is 25.4 Å². The summed E-state index contributed by atoms with van der Waals surface area (Å²) in [7, 11) is 0. The standard InChI is InChI=1S/C22H21FN6O2/c1-13-10-14(2)26-22(25-13)29-19(11-15(3)28-29)27-20(30)8-9-21-24-12-18(31-21)16-4-6-17(23)7-5-16/h4-7,10-12H,8-9H2,1-3H3,(H,27,30). The Labute approximate surface area is 178 Å². The molecule has 31 heavy (non-hydrogen) atoms. The SMILES string of the molecule is Cc1cc(C)nc(-n2nc(C)cc2NC(=O)CCc2ncc(-c3ccc(F)cc3)o2)n1. The summed E-state index contributed by atoms with van der Waals surface area (Å²) < 4.78 is 20.3. The Morgan fingerprint density at radius 2 is 1.77 bits per heavy atom. The van der Waals surface area contributed by atoms with Crippen molar-refractivity contribution in [3.05, 3.63) is 71.4 Å². The zero-order chi connectivity index (χ0) is 22.0. The second-order valence-electron chi connectivity index (χ2n) is 7.21. The molecule has 0 spiro atoms. The lowest BCUT2D eigenvalue weighted by molar-refractivity contribution is -0.116. The van der Waals surface area contributed by atoms with Crippen molar-refractivity contribution in [2.75, 3.05) is 5.32 Å². The van der Waals surface area contributed by atoms with E-state index in [1.54, 1.807) is 24.4 Å². The van der Waals surface area contributed by atoms with E-state index in [1.165, 1.54) is 16.8 Å². The van der Waals surface area contributed by atoms with Gasteiger partial charge in [-0.25, -0.2) is 19.3 Å². The highest BCUT2D eigenvalue weighted by Gasteiger charge is 2.15. The van der Waals surface area contributed by atoms with Crippen LogP contribution < -0.4 is 5.32 Å². The molecule has 0 atom stereocenters. The molecule has 9 heteroatoms. The molecule has 0 radical (unpaired) electrons. The molecule has 8 nitrogen and oxygen atoms in total. The maximum absolute atomic E-state index is 13.1. The van der Waals surface area contributed by atoms with Gasteiger partial charge in [0.1, 0.15) is 11.6 Å². The lowest BCUT2D eigenvalue weighted by Crippen LogP contribution is -2.17.